The monoisotopic (exact) mass is 756 g/mol. The normalized spacial score (nSPS) is 46.3. The molecule has 1 aromatic rings. The predicted octanol–water partition coefficient (Wildman–Crippen LogP) is 7.74. The Kier molecular flexibility index (Phi) is 10.8. The van der Waals surface area contributed by atoms with Gasteiger partial charge in [-0.2, -0.15) is 5.10 Å². The fraction of sp³-hybridized carbons (Fsp3) is 0.860. The molecule has 5 saturated heterocycles. The van der Waals surface area contributed by atoms with Crippen molar-refractivity contribution in [3.63, 3.8) is 0 Å². The van der Waals surface area contributed by atoms with Gasteiger partial charge in [-0.3, -0.25) is 9.89 Å². The lowest BCUT2D eigenvalue weighted by Crippen LogP contribution is -2.60. The zero-order chi connectivity index (χ0) is 39.0. The highest BCUT2D eigenvalue weighted by Crippen LogP contribution is 2.60. The van der Waals surface area contributed by atoms with Gasteiger partial charge < -0.3 is 38.3 Å². The third kappa shape index (κ3) is 6.25. The standard InChI is InChI=1S/C43H68N2O9/c1-12-30(38(46)48-11)32-16-15-25(5)39(10,50-32)28(8)35-27(7)36(45-44-35)31(13-2)37-24(4)23-26(6)41(52-37)20-18-34-43(53-41)22-21-42(51-34,54-43)33-17-19-40(47,14-3)29(9)49-33/h18,20,24-26,28-34,37,47H,12-17,19,21-23H2,1-11H3,(H,44,45). The zero-order valence-corrected chi connectivity index (χ0v) is 34.7. The van der Waals surface area contributed by atoms with Gasteiger partial charge >= 0.3 is 5.97 Å². The van der Waals surface area contributed by atoms with Crippen molar-refractivity contribution >= 4 is 5.97 Å². The van der Waals surface area contributed by atoms with E-state index in [2.05, 4.69) is 65.7 Å². The van der Waals surface area contributed by atoms with Crippen LogP contribution in [0.25, 0.3) is 0 Å². The summed E-state index contributed by atoms with van der Waals surface area (Å²) in [5.74, 6) is -2.64. The van der Waals surface area contributed by atoms with Gasteiger partial charge in [0.1, 0.15) is 12.2 Å². The first kappa shape index (κ1) is 40.3. The van der Waals surface area contributed by atoms with Crippen LogP contribution in [0.1, 0.15) is 155 Å². The summed E-state index contributed by atoms with van der Waals surface area (Å²) in [7, 11) is 1.46. The number of methoxy groups -OCH3 is 1. The van der Waals surface area contributed by atoms with Crippen molar-refractivity contribution < 1.29 is 43.1 Å². The molecule has 16 atom stereocenters. The summed E-state index contributed by atoms with van der Waals surface area (Å²) in [4.78, 5) is 12.7. The van der Waals surface area contributed by atoms with Crippen molar-refractivity contribution in [1.29, 1.82) is 0 Å². The Labute approximate surface area is 322 Å². The van der Waals surface area contributed by atoms with Gasteiger partial charge in [0.25, 0.3) is 0 Å². The van der Waals surface area contributed by atoms with Gasteiger partial charge in [-0.25, -0.2) is 0 Å². The number of hydrogen-bond donors (Lipinski definition) is 2. The molecule has 0 radical (unpaired) electrons. The van der Waals surface area contributed by atoms with Gasteiger partial charge in [0.15, 0.2) is 11.6 Å². The minimum absolute atomic E-state index is 0.00923. The van der Waals surface area contributed by atoms with Crippen LogP contribution in [0.5, 0.6) is 0 Å². The minimum atomic E-state index is -0.975. The molecule has 11 heteroatoms. The smallest absolute Gasteiger partial charge is 0.311 e. The molecule has 16 unspecified atom stereocenters. The average Bonchev–Trinajstić information content (AvgIpc) is 3.82. The van der Waals surface area contributed by atoms with E-state index in [0.717, 1.165) is 42.6 Å². The highest BCUT2D eigenvalue weighted by atomic mass is 16.9. The lowest BCUT2D eigenvalue weighted by Gasteiger charge is -2.53. The van der Waals surface area contributed by atoms with Gasteiger partial charge in [0.2, 0.25) is 5.79 Å². The second-order valence-electron chi connectivity index (χ2n) is 18.1. The number of carbonyl (C=O) groups is 1. The maximum atomic E-state index is 12.7. The Hall–Kier alpha value is -1.86. The van der Waals surface area contributed by atoms with Gasteiger partial charge in [-0.15, -0.1) is 0 Å². The molecular weight excluding hydrogens is 688 g/mol. The Morgan fingerprint density at radius 2 is 1.74 bits per heavy atom. The van der Waals surface area contributed by atoms with E-state index in [4.69, 9.17) is 38.3 Å². The van der Waals surface area contributed by atoms with E-state index in [-0.39, 0.29) is 72.0 Å². The van der Waals surface area contributed by atoms with Crippen molar-refractivity contribution in [3.8, 4) is 0 Å². The number of aliphatic hydroxyl groups is 1. The third-order valence-corrected chi connectivity index (χ3v) is 15.3. The first-order valence-corrected chi connectivity index (χ1v) is 21.2. The first-order chi connectivity index (χ1) is 25.5. The maximum absolute atomic E-state index is 12.7. The first-order valence-electron chi connectivity index (χ1n) is 21.2. The lowest BCUT2D eigenvalue weighted by molar-refractivity contribution is -0.380. The molecule has 5 fully saturated rings. The molecule has 2 spiro atoms. The van der Waals surface area contributed by atoms with E-state index in [9.17, 15) is 9.90 Å². The van der Waals surface area contributed by atoms with Crippen LogP contribution < -0.4 is 0 Å². The Bertz CT molecular complexity index is 1570. The largest absolute Gasteiger partial charge is 0.469 e. The molecule has 0 saturated carbocycles. The number of rotatable bonds is 10. The highest BCUT2D eigenvalue weighted by molar-refractivity contribution is 5.72. The molecule has 7 heterocycles. The Morgan fingerprint density at radius 1 is 1.00 bits per heavy atom. The van der Waals surface area contributed by atoms with Crippen LogP contribution >= 0.6 is 0 Å². The number of H-pyrrole nitrogens is 1. The number of hydrogen-bond acceptors (Lipinski definition) is 10. The number of aromatic amines is 1. The lowest BCUT2D eigenvalue weighted by atomic mass is 9.71. The molecule has 6 aliphatic rings. The summed E-state index contributed by atoms with van der Waals surface area (Å²) in [5.41, 5.74) is 1.91. The molecule has 2 N–H and O–H groups in total. The number of nitrogens with one attached hydrogen (secondary N) is 1. The molecule has 11 nitrogen and oxygen atoms in total. The quantitative estimate of drug-likeness (QED) is 0.181. The highest BCUT2D eigenvalue weighted by Gasteiger charge is 2.71. The van der Waals surface area contributed by atoms with E-state index in [0.29, 0.717) is 38.5 Å². The van der Waals surface area contributed by atoms with Crippen LogP contribution in [0.3, 0.4) is 0 Å². The van der Waals surface area contributed by atoms with E-state index in [1.165, 1.54) is 7.11 Å². The maximum Gasteiger partial charge on any atom is 0.311 e. The molecular formula is C43H68N2O9. The second-order valence-corrected chi connectivity index (χ2v) is 18.1. The van der Waals surface area contributed by atoms with Gasteiger partial charge in [-0.1, -0.05) is 48.5 Å². The molecule has 2 bridgehead atoms. The fourth-order valence-electron chi connectivity index (χ4n) is 11.2. The van der Waals surface area contributed by atoms with E-state index < -0.39 is 28.6 Å². The fourth-order valence-corrected chi connectivity index (χ4v) is 11.2. The van der Waals surface area contributed by atoms with Crippen molar-refractivity contribution in [2.75, 3.05) is 7.11 Å². The zero-order valence-electron chi connectivity index (χ0n) is 34.7. The summed E-state index contributed by atoms with van der Waals surface area (Å²) in [6, 6.07) is 0. The van der Waals surface area contributed by atoms with Crippen molar-refractivity contribution in [2.45, 2.75) is 204 Å². The second kappa shape index (κ2) is 14.5. The summed E-state index contributed by atoms with van der Waals surface area (Å²) < 4.78 is 46.5. The van der Waals surface area contributed by atoms with Gasteiger partial charge in [-0.05, 0) is 102 Å². The topological polar surface area (TPSA) is 131 Å². The predicted molar refractivity (Wildman–Crippen MR) is 202 cm³/mol. The molecule has 1 aromatic heterocycles. The summed E-state index contributed by atoms with van der Waals surface area (Å²) in [5, 5.41) is 19.6. The van der Waals surface area contributed by atoms with Crippen molar-refractivity contribution in [2.24, 2.45) is 23.7 Å². The molecule has 7 rings (SSSR count). The van der Waals surface area contributed by atoms with Gasteiger partial charge in [0, 0.05) is 36.3 Å². The number of esters is 1. The minimum Gasteiger partial charge on any atom is -0.469 e. The van der Waals surface area contributed by atoms with E-state index in [1.54, 1.807) is 0 Å². The molecule has 0 amide bonds. The number of nitrogens with zero attached hydrogens (tertiary/aromatic N) is 1. The van der Waals surface area contributed by atoms with Crippen LogP contribution in [-0.2, 0) is 38.0 Å². The van der Waals surface area contributed by atoms with Crippen LogP contribution in [0, 0.1) is 30.6 Å². The summed E-state index contributed by atoms with van der Waals surface area (Å²) in [6.07, 6.45) is 10.5. The van der Waals surface area contributed by atoms with Crippen LogP contribution in [0.2, 0.25) is 0 Å². The van der Waals surface area contributed by atoms with Crippen molar-refractivity contribution in [1.82, 2.24) is 10.2 Å². The van der Waals surface area contributed by atoms with Crippen LogP contribution in [-0.4, -0.2) is 87.5 Å². The van der Waals surface area contributed by atoms with E-state index in [1.807, 2.05) is 20.8 Å². The van der Waals surface area contributed by atoms with Crippen LogP contribution in [0.15, 0.2) is 12.2 Å². The molecule has 6 aliphatic heterocycles. The summed E-state index contributed by atoms with van der Waals surface area (Å²) in [6.45, 7) is 21.6. The number of ether oxygens (including phenoxy) is 7. The number of fused-ring (bicyclic) bond motifs is 1. The Balaban J connectivity index is 1.10. The number of aromatic nitrogens is 2. The molecule has 304 valence electrons. The summed E-state index contributed by atoms with van der Waals surface area (Å²) >= 11 is 0. The Morgan fingerprint density at radius 3 is 2.41 bits per heavy atom. The average molecular weight is 757 g/mol. The molecule has 0 aromatic carbocycles. The SMILES string of the molecule is CCC(C(=O)OC)C1CCC(C)C(C)(C(C)c2[nH]nc(C(CC)C3OC4(C=CC5OC6(C7CCC(O)(CC)C(C)O7)CCC5(O4)O6)C(C)CC3C)c2C)O1. The molecule has 0 aliphatic carbocycles. The van der Waals surface area contributed by atoms with Crippen LogP contribution in [0.4, 0.5) is 0 Å². The van der Waals surface area contributed by atoms with Gasteiger partial charge in [0.05, 0.1) is 48.2 Å². The van der Waals surface area contributed by atoms with E-state index >= 15 is 0 Å². The van der Waals surface area contributed by atoms with Crippen molar-refractivity contribution in [3.05, 3.63) is 29.1 Å². The third-order valence-electron chi connectivity index (χ3n) is 15.3. The molecule has 54 heavy (non-hydrogen) atoms. The number of carbonyl (C=O) groups excluding carboxylic acids is 1.